The first kappa shape index (κ1) is 24.7. The number of nitrogens with zero attached hydrogens (tertiary/aromatic N) is 4. The first-order valence-corrected chi connectivity index (χ1v) is 13.2. The van der Waals surface area contributed by atoms with Gasteiger partial charge in [-0.1, -0.05) is 60.3 Å². The monoisotopic (exact) mass is 509 g/mol. The molecule has 8 nitrogen and oxygen atoms in total. The zero-order valence-corrected chi connectivity index (χ0v) is 21.1. The second kappa shape index (κ2) is 11.4. The van der Waals surface area contributed by atoms with Crippen molar-refractivity contribution < 1.29 is 14.3 Å². The summed E-state index contributed by atoms with van der Waals surface area (Å²) >= 11 is 6.16. The molecule has 9 heteroatoms. The summed E-state index contributed by atoms with van der Waals surface area (Å²) in [5.74, 6) is -0.376. The second-order valence-corrected chi connectivity index (χ2v) is 10.2. The number of carbonyl (C=O) groups is 2. The molecule has 1 aliphatic heterocycles. The minimum Gasteiger partial charge on any atom is -0.376 e. The van der Waals surface area contributed by atoms with Crippen LogP contribution in [0.3, 0.4) is 0 Å². The highest BCUT2D eigenvalue weighted by molar-refractivity contribution is 6.30. The van der Waals surface area contributed by atoms with E-state index in [1.54, 1.807) is 21.7 Å². The summed E-state index contributed by atoms with van der Waals surface area (Å²) < 4.78 is 7.49. The maximum Gasteiger partial charge on any atom is 0.247 e. The summed E-state index contributed by atoms with van der Waals surface area (Å²) in [5, 5.41) is 12.2. The van der Waals surface area contributed by atoms with Crippen LogP contribution in [-0.2, 0) is 20.9 Å². The highest BCUT2D eigenvalue weighted by Gasteiger charge is 2.35. The molecule has 2 aromatic carbocycles. The third kappa shape index (κ3) is 5.71. The van der Waals surface area contributed by atoms with Gasteiger partial charge in [-0.25, -0.2) is 4.68 Å². The third-order valence-corrected chi connectivity index (χ3v) is 7.40. The molecule has 1 aromatic heterocycles. The summed E-state index contributed by atoms with van der Waals surface area (Å²) in [5.41, 5.74) is 2.22. The zero-order valence-electron chi connectivity index (χ0n) is 20.3. The normalized spacial score (nSPS) is 19.3. The van der Waals surface area contributed by atoms with Crippen LogP contribution < -0.4 is 5.32 Å². The summed E-state index contributed by atoms with van der Waals surface area (Å²) in [4.78, 5) is 29.4. The Hall–Kier alpha value is -2.97. The van der Waals surface area contributed by atoms with Gasteiger partial charge in [0.15, 0.2) is 0 Å². The van der Waals surface area contributed by atoms with Gasteiger partial charge in [-0.15, -0.1) is 5.10 Å². The number of para-hydroxylation sites is 1. The molecule has 190 valence electrons. The Morgan fingerprint density at radius 2 is 1.83 bits per heavy atom. The molecule has 36 heavy (non-hydrogen) atoms. The zero-order chi connectivity index (χ0) is 24.9. The Morgan fingerprint density at radius 1 is 1.06 bits per heavy atom. The van der Waals surface area contributed by atoms with Crippen molar-refractivity contribution in [1.29, 1.82) is 0 Å². The summed E-state index contributed by atoms with van der Waals surface area (Å²) in [6.45, 7) is 0.977. The lowest BCUT2D eigenvalue weighted by Crippen LogP contribution is -2.49. The maximum atomic E-state index is 13.9. The van der Waals surface area contributed by atoms with Crippen LogP contribution in [0.5, 0.6) is 0 Å². The second-order valence-electron chi connectivity index (χ2n) is 9.71. The number of fused-ring (bicyclic) bond motifs is 1. The Morgan fingerprint density at radius 3 is 2.58 bits per heavy atom. The van der Waals surface area contributed by atoms with Crippen molar-refractivity contribution in [2.45, 2.75) is 69.7 Å². The smallest absolute Gasteiger partial charge is 0.247 e. The predicted octanol–water partition coefficient (Wildman–Crippen LogP) is 4.28. The molecule has 0 spiro atoms. The lowest BCUT2D eigenvalue weighted by Gasteiger charge is -2.34. The van der Waals surface area contributed by atoms with E-state index in [2.05, 4.69) is 15.6 Å². The van der Waals surface area contributed by atoms with Gasteiger partial charge in [0.2, 0.25) is 11.8 Å². The van der Waals surface area contributed by atoms with Crippen LogP contribution in [0.2, 0.25) is 5.02 Å². The first-order chi connectivity index (χ1) is 17.6. The minimum atomic E-state index is -0.796. The quantitative estimate of drug-likeness (QED) is 0.489. The first-order valence-electron chi connectivity index (χ1n) is 12.8. The van der Waals surface area contributed by atoms with Crippen LogP contribution >= 0.6 is 11.6 Å². The SMILES string of the molecule is O=C(NC1CCCCC1)C(c1ccc(Cl)cc1)N(CC1CCCO1)C(=O)Cn1nnc2ccccc21. The van der Waals surface area contributed by atoms with E-state index in [1.807, 2.05) is 36.4 Å². The van der Waals surface area contributed by atoms with E-state index < -0.39 is 6.04 Å². The van der Waals surface area contributed by atoms with Crippen molar-refractivity contribution >= 4 is 34.4 Å². The molecule has 1 N–H and O–H groups in total. The van der Waals surface area contributed by atoms with E-state index in [4.69, 9.17) is 16.3 Å². The fourth-order valence-corrected chi connectivity index (χ4v) is 5.38. The fraction of sp³-hybridized carbons (Fsp3) is 0.481. The summed E-state index contributed by atoms with van der Waals surface area (Å²) in [6.07, 6.45) is 7.02. The number of ether oxygens (including phenoxy) is 1. The Labute approximate surface area is 215 Å². The highest BCUT2D eigenvalue weighted by atomic mass is 35.5. The molecule has 2 aliphatic rings. The topological polar surface area (TPSA) is 89.4 Å². The van der Waals surface area contributed by atoms with Crippen LogP contribution in [-0.4, -0.2) is 57.0 Å². The van der Waals surface area contributed by atoms with Gasteiger partial charge in [-0.2, -0.15) is 0 Å². The molecular weight excluding hydrogens is 478 g/mol. The molecule has 2 fully saturated rings. The van der Waals surface area contributed by atoms with Gasteiger partial charge in [0.05, 0.1) is 11.6 Å². The molecule has 1 saturated heterocycles. The molecule has 2 heterocycles. The number of benzene rings is 2. The Kier molecular flexibility index (Phi) is 7.82. The van der Waals surface area contributed by atoms with Gasteiger partial charge >= 0.3 is 0 Å². The van der Waals surface area contributed by atoms with Gasteiger partial charge < -0.3 is 15.0 Å². The lowest BCUT2D eigenvalue weighted by molar-refractivity contribution is -0.143. The molecule has 1 aliphatic carbocycles. The highest BCUT2D eigenvalue weighted by Crippen LogP contribution is 2.28. The molecular formula is C27H32ClN5O3. The largest absolute Gasteiger partial charge is 0.376 e. The van der Waals surface area contributed by atoms with E-state index in [0.29, 0.717) is 18.2 Å². The van der Waals surface area contributed by atoms with Crippen LogP contribution in [0.4, 0.5) is 0 Å². The third-order valence-electron chi connectivity index (χ3n) is 7.15. The van der Waals surface area contributed by atoms with Gasteiger partial charge in [-0.05, 0) is 55.5 Å². The van der Waals surface area contributed by atoms with Crippen molar-refractivity contribution in [3.63, 3.8) is 0 Å². The number of hydrogen-bond donors (Lipinski definition) is 1. The number of amides is 2. The minimum absolute atomic E-state index is 0.0198. The van der Waals surface area contributed by atoms with Gasteiger partial charge in [0.1, 0.15) is 18.1 Å². The molecule has 1 saturated carbocycles. The summed E-state index contributed by atoms with van der Waals surface area (Å²) in [7, 11) is 0. The van der Waals surface area contributed by atoms with E-state index in [0.717, 1.165) is 55.1 Å². The van der Waals surface area contributed by atoms with Crippen molar-refractivity contribution in [3.8, 4) is 0 Å². The molecule has 0 radical (unpaired) electrons. The van der Waals surface area contributed by atoms with E-state index >= 15 is 0 Å². The summed E-state index contributed by atoms with van der Waals surface area (Å²) in [6, 6.07) is 14.0. The number of halogens is 1. The number of aromatic nitrogens is 3. The van der Waals surface area contributed by atoms with Crippen LogP contribution in [0.15, 0.2) is 48.5 Å². The van der Waals surface area contributed by atoms with E-state index in [1.165, 1.54) is 6.42 Å². The lowest BCUT2D eigenvalue weighted by atomic mass is 9.94. The van der Waals surface area contributed by atoms with Crippen molar-refractivity contribution in [2.75, 3.05) is 13.2 Å². The average Bonchev–Trinajstić information content (AvgIpc) is 3.56. The Balaban J connectivity index is 1.46. The standard InChI is InChI=1S/C27H32ClN5O3/c28-20-14-12-19(13-15-20)26(27(35)29-21-7-2-1-3-8-21)32(17-22-9-6-16-36-22)25(34)18-33-24-11-5-4-10-23(24)30-31-33/h4-5,10-15,21-22,26H,1-3,6-9,16-18H2,(H,29,35). The van der Waals surface area contributed by atoms with Gasteiger partial charge in [-0.3, -0.25) is 9.59 Å². The van der Waals surface area contributed by atoms with E-state index in [9.17, 15) is 9.59 Å². The molecule has 2 amide bonds. The maximum absolute atomic E-state index is 13.9. The number of nitrogens with one attached hydrogen (secondary N) is 1. The van der Waals surface area contributed by atoms with Crippen LogP contribution in [0.25, 0.3) is 11.0 Å². The molecule has 2 unspecified atom stereocenters. The molecule has 5 rings (SSSR count). The number of hydrogen-bond acceptors (Lipinski definition) is 5. The molecule has 0 bridgehead atoms. The molecule has 2 atom stereocenters. The van der Waals surface area contributed by atoms with Crippen LogP contribution in [0, 0.1) is 0 Å². The van der Waals surface area contributed by atoms with Crippen molar-refractivity contribution in [3.05, 3.63) is 59.1 Å². The van der Waals surface area contributed by atoms with Crippen molar-refractivity contribution in [2.24, 2.45) is 0 Å². The van der Waals surface area contributed by atoms with Gasteiger partial charge in [0, 0.05) is 24.2 Å². The predicted molar refractivity (Wildman–Crippen MR) is 137 cm³/mol. The van der Waals surface area contributed by atoms with Crippen molar-refractivity contribution in [1.82, 2.24) is 25.2 Å². The number of rotatable bonds is 8. The van der Waals surface area contributed by atoms with Gasteiger partial charge in [0.25, 0.3) is 0 Å². The van der Waals surface area contributed by atoms with E-state index in [-0.39, 0.29) is 30.5 Å². The average molecular weight is 510 g/mol. The fourth-order valence-electron chi connectivity index (χ4n) is 5.26. The molecule has 3 aromatic rings. The Bertz CT molecular complexity index is 1190. The number of carbonyl (C=O) groups excluding carboxylic acids is 2. The van der Waals surface area contributed by atoms with Crippen LogP contribution in [0.1, 0.15) is 56.6 Å².